The molecule has 0 amide bonds. The minimum absolute atomic E-state index is 0.00687. The minimum Gasteiger partial charge on any atom is -0.497 e. The lowest BCUT2D eigenvalue weighted by Crippen LogP contribution is -2.39. The van der Waals surface area contributed by atoms with E-state index in [9.17, 15) is 4.79 Å². The maximum Gasteiger partial charge on any atom is 0.251 e. The summed E-state index contributed by atoms with van der Waals surface area (Å²) >= 11 is 0. The van der Waals surface area contributed by atoms with Crippen LogP contribution in [0.4, 0.5) is 0 Å². The summed E-state index contributed by atoms with van der Waals surface area (Å²) < 4.78 is 12.4. The SMILES string of the molecule is [B]c1cc2ccc(=O)n(CCN3CCOCC3)c2cc1OC. The first-order valence-corrected chi connectivity index (χ1v) is 7.46. The summed E-state index contributed by atoms with van der Waals surface area (Å²) in [5.74, 6) is 0.596. The van der Waals surface area contributed by atoms with Gasteiger partial charge in [0, 0.05) is 38.3 Å². The molecule has 5 nitrogen and oxygen atoms in total. The fraction of sp³-hybridized carbons (Fsp3) is 0.438. The summed E-state index contributed by atoms with van der Waals surface area (Å²) in [5, 5.41) is 0.944. The van der Waals surface area contributed by atoms with Gasteiger partial charge in [-0.3, -0.25) is 9.69 Å². The van der Waals surface area contributed by atoms with Crippen molar-refractivity contribution in [1.29, 1.82) is 0 Å². The zero-order valence-electron chi connectivity index (χ0n) is 12.7. The maximum absolute atomic E-state index is 12.2. The van der Waals surface area contributed by atoms with Crippen molar-refractivity contribution in [3.8, 4) is 5.75 Å². The van der Waals surface area contributed by atoms with E-state index in [0.717, 1.165) is 43.8 Å². The highest BCUT2D eigenvalue weighted by atomic mass is 16.5. The molecule has 1 saturated heterocycles. The number of hydrogen-bond acceptors (Lipinski definition) is 4. The fourth-order valence-electron chi connectivity index (χ4n) is 2.81. The second-order valence-corrected chi connectivity index (χ2v) is 5.43. The van der Waals surface area contributed by atoms with Crippen molar-refractivity contribution in [1.82, 2.24) is 9.47 Å². The Morgan fingerprint density at radius 3 is 2.73 bits per heavy atom. The van der Waals surface area contributed by atoms with E-state index in [1.165, 1.54) is 0 Å². The average Bonchev–Trinajstić information content (AvgIpc) is 2.54. The number of ether oxygens (including phenoxy) is 2. The number of morpholine rings is 1. The van der Waals surface area contributed by atoms with Crippen molar-refractivity contribution in [2.24, 2.45) is 0 Å². The van der Waals surface area contributed by atoms with Crippen LogP contribution in [0.5, 0.6) is 5.75 Å². The lowest BCUT2D eigenvalue weighted by molar-refractivity contribution is 0.0364. The molecule has 0 unspecified atom stereocenters. The highest BCUT2D eigenvalue weighted by Gasteiger charge is 2.12. The number of methoxy groups -OCH3 is 1. The highest BCUT2D eigenvalue weighted by molar-refractivity contribution is 6.35. The van der Waals surface area contributed by atoms with E-state index in [-0.39, 0.29) is 5.56 Å². The van der Waals surface area contributed by atoms with Gasteiger partial charge in [0.25, 0.3) is 5.56 Å². The molecule has 2 radical (unpaired) electrons. The zero-order chi connectivity index (χ0) is 15.5. The Balaban J connectivity index is 1.92. The Bertz CT molecular complexity index is 723. The van der Waals surface area contributed by atoms with E-state index in [2.05, 4.69) is 4.90 Å². The number of fused-ring (bicyclic) bond motifs is 1. The molecule has 6 heteroatoms. The second-order valence-electron chi connectivity index (χ2n) is 5.43. The number of benzene rings is 1. The first-order chi connectivity index (χ1) is 10.7. The summed E-state index contributed by atoms with van der Waals surface area (Å²) in [5.41, 5.74) is 1.42. The molecule has 2 heterocycles. The topological polar surface area (TPSA) is 43.7 Å². The molecule has 0 N–H and O–H groups in total. The second kappa shape index (κ2) is 6.54. The molecule has 3 rings (SSSR count). The number of hydrogen-bond donors (Lipinski definition) is 0. The van der Waals surface area contributed by atoms with E-state index in [4.69, 9.17) is 17.3 Å². The van der Waals surface area contributed by atoms with Crippen molar-refractivity contribution < 1.29 is 9.47 Å². The van der Waals surface area contributed by atoms with Crippen LogP contribution in [0.1, 0.15) is 0 Å². The standard InChI is InChI=1S/C16H19BN2O3/c1-21-15-11-14-12(10-13(15)17)2-3-16(20)19(14)5-4-18-6-8-22-9-7-18/h2-3,10-11H,4-9H2,1H3. The molecule has 1 aliphatic rings. The van der Waals surface area contributed by atoms with Crippen LogP contribution in [0, 0.1) is 0 Å². The van der Waals surface area contributed by atoms with Crippen molar-refractivity contribution in [3.63, 3.8) is 0 Å². The Morgan fingerprint density at radius 1 is 1.23 bits per heavy atom. The van der Waals surface area contributed by atoms with Crippen molar-refractivity contribution in [2.75, 3.05) is 40.0 Å². The lowest BCUT2D eigenvalue weighted by Gasteiger charge is -2.27. The van der Waals surface area contributed by atoms with E-state index in [1.807, 2.05) is 12.1 Å². The molecule has 1 aromatic heterocycles. The van der Waals surface area contributed by atoms with Gasteiger partial charge in [0.05, 0.1) is 25.8 Å². The van der Waals surface area contributed by atoms with Crippen LogP contribution in [0.15, 0.2) is 29.1 Å². The van der Waals surface area contributed by atoms with Crippen LogP contribution in [0.25, 0.3) is 10.9 Å². The van der Waals surface area contributed by atoms with Crippen molar-refractivity contribution in [3.05, 3.63) is 34.6 Å². The smallest absolute Gasteiger partial charge is 0.251 e. The Morgan fingerprint density at radius 2 is 2.00 bits per heavy atom. The Labute approximate surface area is 130 Å². The molecule has 0 atom stereocenters. The zero-order valence-corrected chi connectivity index (χ0v) is 12.7. The monoisotopic (exact) mass is 298 g/mol. The molecule has 1 aromatic carbocycles. The quantitative estimate of drug-likeness (QED) is 0.753. The van der Waals surface area contributed by atoms with Crippen LogP contribution in [-0.4, -0.2) is 57.3 Å². The van der Waals surface area contributed by atoms with Crippen LogP contribution < -0.4 is 15.8 Å². The summed E-state index contributed by atoms with van der Waals surface area (Å²) in [6, 6.07) is 7.08. The first-order valence-electron chi connectivity index (χ1n) is 7.46. The molecule has 114 valence electrons. The van der Waals surface area contributed by atoms with Gasteiger partial charge in [0.2, 0.25) is 0 Å². The normalized spacial score (nSPS) is 16.0. The number of nitrogens with zero attached hydrogens (tertiary/aromatic N) is 2. The van der Waals surface area contributed by atoms with Gasteiger partial charge < -0.3 is 14.0 Å². The van der Waals surface area contributed by atoms with Crippen LogP contribution in [-0.2, 0) is 11.3 Å². The van der Waals surface area contributed by atoms with Gasteiger partial charge in [-0.25, -0.2) is 0 Å². The Hall–Kier alpha value is -1.79. The molecular formula is C16H19BN2O3. The van der Waals surface area contributed by atoms with E-state index < -0.39 is 0 Å². The molecule has 1 fully saturated rings. The Kier molecular flexibility index (Phi) is 4.50. The molecule has 1 aliphatic heterocycles. The number of rotatable bonds is 4. The van der Waals surface area contributed by atoms with Gasteiger partial charge >= 0.3 is 0 Å². The summed E-state index contributed by atoms with van der Waals surface area (Å²) in [6.07, 6.45) is 0. The minimum atomic E-state index is -0.00687. The third kappa shape index (κ3) is 3.03. The number of aromatic nitrogens is 1. The van der Waals surface area contributed by atoms with E-state index in [1.54, 1.807) is 23.8 Å². The summed E-state index contributed by atoms with van der Waals surface area (Å²) in [4.78, 5) is 14.5. The summed E-state index contributed by atoms with van der Waals surface area (Å²) in [6.45, 7) is 4.81. The van der Waals surface area contributed by atoms with Gasteiger partial charge in [-0.1, -0.05) is 11.5 Å². The van der Waals surface area contributed by atoms with Crippen LogP contribution in [0.3, 0.4) is 0 Å². The first kappa shape index (κ1) is 15.1. The number of pyridine rings is 1. The average molecular weight is 298 g/mol. The molecule has 0 spiro atoms. The lowest BCUT2D eigenvalue weighted by atomic mass is 9.93. The van der Waals surface area contributed by atoms with Crippen LogP contribution in [0.2, 0.25) is 0 Å². The van der Waals surface area contributed by atoms with Gasteiger partial charge in [0.15, 0.2) is 0 Å². The fourth-order valence-corrected chi connectivity index (χ4v) is 2.81. The molecule has 0 aliphatic carbocycles. The molecular weight excluding hydrogens is 279 g/mol. The van der Waals surface area contributed by atoms with Crippen molar-refractivity contribution in [2.45, 2.75) is 6.54 Å². The molecule has 22 heavy (non-hydrogen) atoms. The van der Waals surface area contributed by atoms with Gasteiger partial charge in [0.1, 0.15) is 13.6 Å². The van der Waals surface area contributed by atoms with Gasteiger partial charge in [-0.05, 0) is 11.5 Å². The predicted molar refractivity (Wildman–Crippen MR) is 87.4 cm³/mol. The maximum atomic E-state index is 12.2. The van der Waals surface area contributed by atoms with Gasteiger partial charge in [-0.2, -0.15) is 0 Å². The van der Waals surface area contributed by atoms with E-state index in [0.29, 0.717) is 17.8 Å². The third-order valence-corrected chi connectivity index (χ3v) is 4.08. The molecule has 0 bridgehead atoms. The van der Waals surface area contributed by atoms with Crippen molar-refractivity contribution >= 4 is 24.2 Å². The van der Waals surface area contributed by atoms with Crippen LogP contribution >= 0.6 is 0 Å². The predicted octanol–water partition coefficient (Wildman–Crippen LogP) is 0.136. The molecule has 2 aromatic rings. The largest absolute Gasteiger partial charge is 0.497 e. The van der Waals surface area contributed by atoms with Gasteiger partial charge in [-0.15, -0.1) is 0 Å². The third-order valence-electron chi connectivity index (χ3n) is 4.08. The molecule has 0 saturated carbocycles. The van der Waals surface area contributed by atoms with E-state index >= 15 is 0 Å². The summed E-state index contributed by atoms with van der Waals surface area (Å²) in [7, 11) is 7.52. The highest BCUT2D eigenvalue weighted by Crippen LogP contribution is 2.17.